The molecule has 0 bridgehead atoms. The highest BCUT2D eigenvalue weighted by Crippen LogP contribution is 2.23. The number of thioether (sulfide) groups is 1. The second-order valence-corrected chi connectivity index (χ2v) is 5.86. The second-order valence-electron chi connectivity index (χ2n) is 4.77. The minimum atomic E-state index is -0.196. The quantitative estimate of drug-likeness (QED) is 0.787. The van der Waals surface area contributed by atoms with E-state index in [9.17, 15) is 4.39 Å². The molecule has 0 aliphatic carbocycles. The molecule has 1 N–H and O–H groups in total. The molecule has 0 spiro atoms. The van der Waals surface area contributed by atoms with Crippen molar-refractivity contribution in [3.05, 3.63) is 59.9 Å². The van der Waals surface area contributed by atoms with E-state index in [1.807, 2.05) is 37.4 Å². The predicted molar refractivity (Wildman–Crippen MR) is 86.7 cm³/mol. The molecule has 0 saturated carbocycles. The zero-order valence-electron chi connectivity index (χ0n) is 12.3. The highest BCUT2D eigenvalue weighted by Gasteiger charge is 2.11. The first-order chi connectivity index (χ1) is 10.2. The van der Waals surface area contributed by atoms with E-state index in [-0.39, 0.29) is 5.82 Å². The topological polar surface area (TPSA) is 21.3 Å². The Balaban J connectivity index is 1.95. The van der Waals surface area contributed by atoms with Crippen LogP contribution in [0, 0.1) is 5.82 Å². The summed E-state index contributed by atoms with van der Waals surface area (Å²) in [5.41, 5.74) is 1.19. The average Bonchev–Trinajstić information content (AvgIpc) is 2.53. The van der Waals surface area contributed by atoms with Gasteiger partial charge in [0, 0.05) is 16.7 Å². The maximum Gasteiger partial charge on any atom is 0.123 e. The van der Waals surface area contributed by atoms with Crippen LogP contribution >= 0.6 is 11.8 Å². The van der Waals surface area contributed by atoms with E-state index in [1.165, 1.54) is 17.7 Å². The van der Waals surface area contributed by atoms with Crippen LogP contribution < -0.4 is 10.1 Å². The molecule has 0 amide bonds. The summed E-state index contributed by atoms with van der Waals surface area (Å²) in [5, 5.41) is 3.33. The van der Waals surface area contributed by atoms with E-state index in [0.717, 1.165) is 22.8 Å². The van der Waals surface area contributed by atoms with Gasteiger partial charge in [0.25, 0.3) is 0 Å². The molecule has 2 nitrogen and oxygen atoms in total. The van der Waals surface area contributed by atoms with Gasteiger partial charge in [0.05, 0.1) is 7.11 Å². The van der Waals surface area contributed by atoms with Gasteiger partial charge >= 0.3 is 0 Å². The molecule has 2 aromatic carbocycles. The third-order valence-corrected chi connectivity index (χ3v) is 4.51. The van der Waals surface area contributed by atoms with Crippen molar-refractivity contribution in [2.75, 3.05) is 19.9 Å². The van der Waals surface area contributed by atoms with E-state index < -0.39 is 0 Å². The fourth-order valence-corrected chi connectivity index (χ4v) is 3.12. The smallest absolute Gasteiger partial charge is 0.123 e. The predicted octanol–water partition coefficient (Wildman–Crippen LogP) is 3.76. The van der Waals surface area contributed by atoms with Crippen LogP contribution in [-0.2, 0) is 6.42 Å². The third kappa shape index (κ3) is 4.76. The molecule has 0 aliphatic rings. The van der Waals surface area contributed by atoms with Gasteiger partial charge in [-0.3, -0.25) is 0 Å². The Hall–Kier alpha value is -1.52. The molecule has 112 valence electrons. The molecule has 1 atom stereocenters. The average molecular weight is 305 g/mol. The van der Waals surface area contributed by atoms with Crippen molar-refractivity contribution in [3.8, 4) is 5.75 Å². The zero-order valence-corrected chi connectivity index (χ0v) is 13.1. The van der Waals surface area contributed by atoms with Crippen LogP contribution in [-0.4, -0.2) is 26.0 Å². The van der Waals surface area contributed by atoms with Gasteiger partial charge in [0.2, 0.25) is 0 Å². The Morgan fingerprint density at radius 1 is 1.14 bits per heavy atom. The number of hydrogen-bond acceptors (Lipinski definition) is 3. The molecule has 2 aromatic rings. The Labute approximate surface area is 129 Å². The Morgan fingerprint density at radius 2 is 1.86 bits per heavy atom. The number of likely N-dealkylation sites (N-methyl/N-ethyl adjacent to an activating group) is 1. The number of halogens is 1. The van der Waals surface area contributed by atoms with Crippen LogP contribution in [0.1, 0.15) is 5.56 Å². The zero-order chi connectivity index (χ0) is 15.1. The van der Waals surface area contributed by atoms with Crippen LogP contribution in [0.25, 0.3) is 0 Å². The highest BCUT2D eigenvalue weighted by atomic mass is 32.2. The van der Waals surface area contributed by atoms with Crippen LogP contribution in [0.5, 0.6) is 5.75 Å². The number of rotatable bonds is 7. The third-order valence-electron chi connectivity index (χ3n) is 3.33. The first-order valence-electron chi connectivity index (χ1n) is 6.90. The number of ether oxygens (including phenoxy) is 1. The molecule has 0 fully saturated rings. The number of nitrogens with one attached hydrogen (secondary N) is 1. The van der Waals surface area contributed by atoms with Gasteiger partial charge < -0.3 is 10.1 Å². The summed E-state index contributed by atoms with van der Waals surface area (Å²) in [4.78, 5) is 1.08. The molecule has 0 aromatic heterocycles. The minimum absolute atomic E-state index is 0.196. The van der Waals surface area contributed by atoms with Gasteiger partial charge in [0.1, 0.15) is 11.6 Å². The molecular weight excluding hydrogens is 285 g/mol. The first kappa shape index (κ1) is 15.9. The normalized spacial score (nSPS) is 12.1. The van der Waals surface area contributed by atoms with E-state index in [0.29, 0.717) is 6.04 Å². The van der Waals surface area contributed by atoms with Gasteiger partial charge in [-0.05, 0) is 49.4 Å². The molecule has 0 heterocycles. The highest BCUT2D eigenvalue weighted by molar-refractivity contribution is 7.99. The van der Waals surface area contributed by atoms with Gasteiger partial charge in [-0.1, -0.05) is 18.2 Å². The molecule has 0 saturated heterocycles. The van der Waals surface area contributed by atoms with Crippen molar-refractivity contribution < 1.29 is 9.13 Å². The number of hydrogen-bond donors (Lipinski definition) is 1. The molecule has 2 rings (SSSR count). The fourth-order valence-electron chi connectivity index (χ4n) is 2.11. The SMILES string of the molecule is CNC(CSc1ccc(F)cc1)Cc1ccccc1OC. The monoisotopic (exact) mass is 305 g/mol. The maximum atomic E-state index is 12.9. The second kappa shape index (κ2) is 8.05. The standard InChI is InChI=1S/C17H20FNOS/c1-19-15(11-13-5-3-4-6-17(13)20-2)12-21-16-9-7-14(18)8-10-16/h3-10,15,19H,11-12H2,1-2H3. The lowest BCUT2D eigenvalue weighted by atomic mass is 10.1. The van der Waals surface area contributed by atoms with Crippen molar-refractivity contribution in [2.45, 2.75) is 17.4 Å². The summed E-state index contributed by atoms with van der Waals surface area (Å²) >= 11 is 1.72. The molecule has 0 radical (unpaired) electrons. The van der Waals surface area contributed by atoms with Crippen LogP contribution in [0.3, 0.4) is 0 Å². The van der Waals surface area contributed by atoms with Crippen LogP contribution in [0.15, 0.2) is 53.4 Å². The number of benzene rings is 2. The van der Waals surface area contributed by atoms with E-state index in [1.54, 1.807) is 18.9 Å². The summed E-state index contributed by atoms with van der Waals surface area (Å²) in [6, 6.07) is 15.0. The lowest BCUT2D eigenvalue weighted by Crippen LogP contribution is -2.30. The largest absolute Gasteiger partial charge is 0.496 e. The summed E-state index contributed by atoms with van der Waals surface area (Å²) in [6.45, 7) is 0. The van der Waals surface area contributed by atoms with Gasteiger partial charge in [0.15, 0.2) is 0 Å². The van der Waals surface area contributed by atoms with Crippen molar-refractivity contribution >= 4 is 11.8 Å². The van der Waals surface area contributed by atoms with Crippen molar-refractivity contribution in [1.82, 2.24) is 5.32 Å². The summed E-state index contributed by atoms with van der Waals surface area (Å²) in [7, 11) is 3.66. The van der Waals surface area contributed by atoms with Gasteiger partial charge in [-0.25, -0.2) is 4.39 Å². The van der Waals surface area contributed by atoms with Gasteiger partial charge in [-0.2, -0.15) is 0 Å². The lowest BCUT2D eigenvalue weighted by Gasteiger charge is -2.17. The van der Waals surface area contributed by atoms with Crippen LogP contribution in [0.4, 0.5) is 4.39 Å². The Morgan fingerprint density at radius 3 is 2.52 bits per heavy atom. The first-order valence-corrected chi connectivity index (χ1v) is 7.89. The Bertz CT molecular complexity index is 559. The Kier molecular flexibility index (Phi) is 6.08. The molecule has 1 unspecified atom stereocenters. The molecule has 0 aliphatic heterocycles. The molecular formula is C17H20FNOS. The molecule has 21 heavy (non-hydrogen) atoms. The van der Waals surface area contributed by atoms with Crippen LogP contribution in [0.2, 0.25) is 0 Å². The summed E-state index contributed by atoms with van der Waals surface area (Å²) < 4.78 is 18.3. The van der Waals surface area contributed by atoms with Gasteiger partial charge in [-0.15, -0.1) is 11.8 Å². The van der Waals surface area contributed by atoms with E-state index >= 15 is 0 Å². The van der Waals surface area contributed by atoms with Crippen molar-refractivity contribution in [1.29, 1.82) is 0 Å². The minimum Gasteiger partial charge on any atom is -0.496 e. The summed E-state index contributed by atoms with van der Waals surface area (Å²) in [5.74, 6) is 1.64. The maximum absolute atomic E-state index is 12.9. The van der Waals surface area contributed by atoms with E-state index in [2.05, 4.69) is 11.4 Å². The molecule has 4 heteroatoms. The fraction of sp³-hybridized carbons (Fsp3) is 0.294. The van der Waals surface area contributed by atoms with Crippen molar-refractivity contribution in [3.63, 3.8) is 0 Å². The lowest BCUT2D eigenvalue weighted by molar-refractivity contribution is 0.407. The van der Waals surface area contributed by atoms with E-state index in [4.69, 9.17) is 4.74 Å². The number of methoxy groups -OCH3 is 1. The van der Waals surface area contributed by atoms with Crippen molar-refractivity contribution in [2.24, 2.45) is 0 Å². The summed E-state index contributed by atoms with van der Waals surface area (Å²) in [6.07, 6.45) is 0.898. The number of para-hydroxylation sites is 1.